The van der Waals surface area contributed by atoms with Gasteiger partial charge in [0.25, 0.3) is 5.91 Å². The largest absolute Gasteiger partial charge is 0.488 e. The van der Waals surface area contributed by atoms with Crippen LogP contribution in [0.15, 0.2) is 53.0 Å². The molecule has 25 heavy (non-hydrogen) atoms. The van der Waals surface area contributed by atoms with Gasteiger partial charge in [-0.25, -0.2) is 0 Å². The lowest BCUT2D eigenvalue weighted by Crippen LogP contribution is -3.14. The molecule has 0 saturated heterocycles. The van der Waals surface area contributed by atoms with E-state index in [1.807, 2.05) is 38.2 Å². The summed E-state index contributed by atoms with van der Waals surface area (Å²) >= 11 is 3.38. The van der Waals surface area contributed by atoms with E-state index in [2.05, 4.69) is 27.3 Å². The van der Waals surface area contributed by atoms with E-state index in [1.165, 1.54) is 0 Å². The summed E-state index contributed by atoms with van der Waals surface area (Å²) in [5, 5.41) is 11.9. The number of hydrogen-bond acceptors (Lipinski definition) is 3. The number of nitriles is 1. The molecule has 0 aliphatic heterocycles. The van der Waals surface area contributed by atoms with E-state index in [-0.39, 0.29) is 11.9 Å². The Kier molecular flexibility index (Phi) is 6.99. The van der Waals surface area contributed by atoms with Crippen molar-refractivity contribution in [2.24, 2.45) is 0 Å². The first kappa shape index (κ1) is 19.0. The molecule has 0 aliphatic carbocycles. The minimum Gasteiger partial charge on any atom is -0.488 e. The van der Waals surface area contributed by atoms with Crippen LogP contribution in [-0.2, 0) is 4.79 Å². The lowest BCUT2D eigenvalue weighted by atomic mass is 10.2. The number of carbonyl (C=O) groups is 1. The van der Waals surface area contributed by atoms with Gasteiger partial charge in [-0.1, -0.05) is 28.1 Å². The molecule has 2 aromatic carbocycles. The summed E-state index contributed by atoms with van der Waals surface area (Å²) in [4.78, 5) is 13.4. The first-order chi connectivity index (χ1) is 12.0. The molecule has 1 unspecified atom stereocenters. The molecule has 2 atom stereocenters. The highest BCUT2D eigenvalue weighted by Gasteiger charge is 2.22. The number of anilines is 1. The summed E-state index contributed by atoms with van der Waals surface area (Å²) in [7, 11) is 1.95. The maximum Gasteiger partial charge on any atom is 0.282 e. The van der Waals surface area contributed by atoms with Crippen molar-refractivity contribution >= 4 is 27.5 Å². The Balaban J connectivity index is 1.84. The number of quaternary nitrogens is 1. The monoisotopic (exact) mass is 402 g/mol. The molecule has 6 heteroatoms. The quantitative estimate of drug-likeness (QED) is 0.746. The van der Waals surface area contributed by atoms with Gasteiger partial charge in [-0.3, -0.25) is 4.79 Å². The van der Waals surface area contributed by atoms with Gasteiger partial charge < -0.3 is 15.0 Å². The van der Waals surface area contributed by atoms with Crippen LogP contribution in [0.25, 0.3) is 0 Å². The molecular weight excluding hydrogens is 382 g/mol. The predicted octanol–water partition coefficient (Wildman–Crippen LogP) is 2.24. The summed E-state index contributed by atoms with van der Waals surface area (Å²) in [5.41, 5.74) is 1.00. The molecule has 2 N–H and O–H groups in total. The number of amides is 1. The predicted molar refractivity (Wildman–Crippen MR) is 101 cm³/mol. The van der Waals surface area contributed by atoms with Crippen molar-refractivity contribution in [1.29, 1.82) is 5.26 Å². The van der Waals surface area contributed by atoms with Crippen molar-refractivity contribution in [3.05, 3.63) is 58.6 Å². The van der Waals surface area contributed by atoms with Crippen LogP contribution in [0.1, 0.15) is 12.5 Å². The van der Waals surface area contributed by atoms with Crippen LogP contribution < -0.4 is 15.0 Å². The molecule has 130 valence electrons. The van der Waals surface area contributed by atoms with Gasteiger partial charge >= 0.3 is 0 Å². The second-order valence-electron chi connectivity index (χ2n) is 5.77. The van der Waals surface area contributed by atoms with Crippen LogP contribution in [0, 0.1) is 11.3 Å². The van der Waals surface area contributed by atoms with Gasteiger partial charge in [0, 0.05) is 4.47 Å². The Bertz CT molecular complexity index is 756. The third-order valence-electron chi connectivity index (χ3n) is 4.02. The lowest BCUT2D eigenvalue weighted by molar-refractivity contribution is -0.894. The van der Waals surface area contributed by atoms with Crippen LogP contribution in [0.2, 0.25) is 0 Å². The fourth-order valence-corrected chi connectivity index (χ4v) is 2.50. The molecule has 0 aromatic heterocycles. The number of halogens is 1. The van der Waals surface area contributed by atoms with Crippen molar-refractivity contribution in [2.45, 2.75) is 13.0 Å². The highest BCUT2D eigenvalue weighted by molar-refractivity contribution is 9.10. The third kappa shape index (κ3) is 5.59. The van der Waals surface area contributed by atoms with Gasteiger partial charge in [-0.15, -0.1) is 0 Å². The Morgan fingerprint density at radius 2 is 1.96 bits per heavy atom. The summed E-state index contributed by atoms with van der Waals surface area (Å²) in [6, 6.07) is 16.4. The maximum atomic E-state index is 12.4. The van der Waals surface area contributed by atoms with E-state index in [1.54, 1.807) is 24.3 Å². The number of ether oxygens (including phenoxy) is 1. The molecule has 0 spiro atoms. The zero-order chi connectivity index (χ0) is 18.2. The molecule has 2 aromatic rings. The average Bonchev–Trinajstić information content (AvgIpc) is 2.63. The highest BCUT2D eigenvalue weighted by atomic mass is 79.9. The van der Waals surface area contributed by atoms with E-state index < -0.39 is 0 Å². The van der Waals surface area contributed by atoms with E-state index in [9.17, 15) is 4.79 Å². The molecule has 1 amide bonds. The smallest absolute Gasteiger partial charge is 0.282 e. The van der Waals surface area contributed by atoms with Crippen LogP contribution >= 0.6 is 15.9 Å². The van der Waals surface area contributed by atoms with Crippen molar-refractivity contribution in [3.8, 4) is 11.8 Å². The molecule has 0 bridgehead atoms. The molecule has 0 heterocycles. The molecule has 5 nitrogen and oxygen atoms in total. The first-order valence-corrected chi connectivity index (χ1v) is 8.81. The zero-order valence-electron chi connectivity index (χ0n) is 14.3. The lowest BCUT2D eigenvalue weighted by Gasteiger charge is -2.21. The van der Waals surface area contributed by atoms with Crippen molar-refractivity contribution in [1.82, 2.24) is 0 Å². The Morgan fingerprint density at radius 3 is 2.64 bits per heavy atom. The molecule has 0 saturated carbocycles. The normalized spacial score (nSPS) is 12.7. The van der Waals surface area contributed by atoms with E-state index in [0.29, 0.717) is 24.4 Å². The SMILES string of the molecule is C[C@H](C(=O)Nc1ccccc1C#N)[NH+](C)CCOc1ccc(Br)cc1. The fraction of sp³-hybridized carbons (Fsp3) is 0.263. The Hall–Kier alpha value is -2.36. The summed E-state index contributed by atoms with van der Waals surface area (Å²) in [5.74, 6) is 0.680. The molecule has 0 fully saturated rings. The molecule has 2 rings (SSSR count). The van der Waals surface area contributed by atoms with Gasteiger partial charge in [-0.05, 0) is 43.3 Å². The Morgan fingerprint density at radius 1 is 1.28 bits per heavy atom. The van der Waals surface area contributed by atoms with Crippen molar-refractivity contribution in [3.63, 3.8) is 0 Å². The van der Waals surface area contributed by atoms with Crippen molar-refractivity contribution < 1.29 is 14.4 Å². The zero-order valence-corrected chi connectivity index (χ0v) is 15.8. The molecule has 0 aliphatic rings. The van der Waals surface area contributed by atoms with Gasteiger partial charge in [-0.2, -0.15) is 5.26 Å². The number of carbonyl (C=O) groups excluding carboxylic acids is 1. The van der Waals surface area contributed by atoms with Crippen LogP contribution in [0.3, 0.4) is 0 Å². The van der Waals surface area contributed by atoms with E-state index in [4.69, 9.17) is 10.00 Å². The summed E-state index contributed by atoms with van der Waals surface area (Å²) in [6.07, 6.45) is 0. The number of nitrogens with zero attached hydrogens (tertiary/aromatic N) is 1. The number of rotatable bonds is 7. The van der Waals surface area contributed by atoms with Crippen LogP contribution in [0.4, 0.5) is 5.69 Å². The minimum absolute atomic E-state index is 0.121. The number of hydrogen-bond donors (Lipinski definition) is 2. The summed E-state index contributed by atoms with van der Waals surface area (Å²) < 4.78 is 6.71. The fourth-order valence-electron chi connectivity index (χ4n) is 2.23. The minimum atomic E-state index is -0.264. The topological polar surface area (TPSA) is 66.6 Å². The standard InChI is InChI=1S/C19H20BrN3O2/c1-14(19(24)22-18-6-4-3-5-15(18)13-21)23(2)11-12-25-17-9-7-16(20)8-10-17/h3-10,14H,11-12H2,1-2H3,(H,22,24)/p+1/t14-/m1/s1. The van der Waals surface area contributed by atoms with E-state index >= 15 is 0 Å². The third-order valence-corrected chi connectivity index (χ3v) is 4.55. The number of likely N-dealkylation sites (N-methyl/N-ethyl adjacent to an activating group) is 1. The molecule has 0 radical (unpaired) electrons. The summed E-state index contributed by atoms with van der Waals surface area (Å²) in [6.45, 7) is 3.06. The van der Waals surface area contributed by atoms with Gasteiger partial charge in [0.1, 0.15) is 25.0 Å². The second kappa shape index (κ2) is 9.21. The number of nitrogens with one attached hydrogen (secondary N) is 2. The number of benzene rings is 2. The van der Waals surface area contributed by atoms with E-state index in [0.717, 1.165) is 15.1 Å². The van der Waals surface area contributed by atoms with Gasteiger partial charge in [0.2, 0.25) is 0 Å². The average molecular weight is 403 g/mol. The molecular formula is C19H21BrN3O2+. The Labute approximate surface area is 156 Å². The van der Waals surface area contributed by atoms with Gasteiger partial charge in [0.05, 0.1) is 18.3 Å². The van der Waals surface area contributed by atoms with Crippen LogP contribution in [-0.4, -0.2) is 32.1 Å². The first-order valence-electron chi connectivity index (χ1n) is 8.02. The van der Waals surface area contributed by atoms with Crippen LogP contribution in [0.5, 0.6) is 5.75 Å². The van der Waals surface area contributed by atoms with Gasteiger partial charge in [0.15, 0.2) is 6.04 Å². The maximum absolute atomic E-state index is 12.4. The highest BCUT2D eigenvalue weighted by Crippen LogP contribution is 2.16. The van der Waals surface area contributed by atoms with Crippen molar-refractivity contribution in [2.75, 3.05) is 25.5 Å². The number of para-hydroxylation sites is 1. The second-order valence-corrected chi connectivity index (χ2v) is 6.68.